The first kappa shape index (κ1) is 9.05. The summed E-state index contributed by atoms with van der Waals surface area (Å²) in [7, 11) is 0. The minimum Gasteiger partial charge on any atom is -0.324 e. The summed E-state index contributed by atoms with van der Waals surface area (Å²) in [6.45, 7) is 2.29. The van der Waals surface area contributed by atoms with E-state index in [0.717, 1.165) is 0 Å². The molecule has 2 N–H and O–H groups in total. The molecule has 1 rings (SSSR count). The first-order valence-electron chi connectivity index (χ1n) is 3.60. The van der Waals surface area contributed by atoms with Gasteiger partial charge in [-0.15, -0.1) is 10.2 Å². The molecule has 1 aromatic heterocycles. The molecule has 0 bridgehead atoms. The Morgan fingerprint density at radius 2 is 2.17 bits per heavy atom. The summed E-state index contributed by atoms with van der Waals surface area (Å²) in [6, 6.07) is 0. The number of hydrogen-bond donors (Lipinski definition) is 1. The normalized spacial score (nSPS) is 11.1. The molecular formula is C6H10F2N4. The Morgan fingerprint density at radius 3 is 2.58 bits per heavy atom. The topological polar surface area (TPSA) is 56.7 Å². The van der Waals surface area contributed by atoms with Crippen LogP contribution in [0.3, 0.4) is 0 Å². The highest BCUT2D eigenvalue weighted by Crippen LogP contribution is 2.16. The number of hydrogen-bond acceptors (Lipinski definition) is 3. The molecule has 4 nitrogen and oxygen atoms in total. The third-order valence-corrected chi connectivity index (χ3v) is 1.55. The maximum atomic E-state index is 12.2. The molecule has 1 aromatic rings. The summed E-state index contributed by atoms with van der Waals surface area (Å²) in [5, 5.41) is 6.87. The largest absolute Gasteiger partial charge is 0.324 e. The first-order valence-corrected chi connectivity index (χ1v) is 3.60. The van der Waals surface area contributed by atoms with Gasteiger partial charge in [0.1, 0.15) is 5.82 Å². The van der Waals surface area contributed by atoms with Gasteiger partial charge in [-0.3, -0.25) is 0 Å². The van der Waals surface area contributed by atoms with Crippen LogP contribution in [0.25, 0.3) is 0 Å². The zero-order valence-corrected chi connectivity index (χ0v) is 6.67. The lowest BCUT2D eigenvalue weighted by Gasteiger charge is -2.04. The van der Waals surface area contributed by atoms with Gasteiger partial charge in [0.05, 0.1) is 6.54 Å². The van der Waals surface area contributed by atoms with Crippen LogP contribution < -0.4 is 5.73 Å². The highest BCUT2D eigenvalue weighted by molar-refractivity contribution is 4.96. The van der Waals surface area contributed by atoms with Crippen molar-refractivity contribution < 1.29 is 8.78 Å². The average Bonchev–Trinajstić information content (AvgIpc) is 2.46. The van der Waals surface area contributed by atoms with Crippen LogP contribution in [0.15, 0.2) is 0 Å². The van der Waals surface area contributed by atoms with E-state index in [2.05, 4.69) is 10.2 Å². The van der Waals surface area contributed by atoms with Gasteiger partial charge in [0.25, 0.3) is 6.43 Å². The number of nitrogens with two attached hydrogens (primary N) is 1. The van der Waals surface area contributed by atoms with Crippen LogP contribution in [0.4, 0.5) is 8.78 Å². The number of rotatable bonds is 3. The fraction of sp³-hybridized carbons (Fsp3) is 0.667. The number of aromatic nitrogens is 3. The number of alkyl halides is 2. The van der Waals surface area contributed by atoms with Gasteiger partial charge in [-0.2, -0.15) is 0 Å². The molecule has 68 valence electrons. The zero-order valence-electron chi connectivity index (χ0n) is 6.67. The molecule has 0 radical (unpaired) electrons. The van der Waals surface area contributed by atoms with Crippen molar-refractivity contribution in [2.75, 3.05) is 0 Å². The van der Waals surface area contributed by atoms with Crippen molar-refractivity contribution in [3.05, 3.63) is 11.6 Å². The molecule has 1 heterocycles. The van der Waals surface area contributed by atoms with Crippen LogP contribution in [0.2, 0.25) is 0 Å². The van der Waals surface area contributed by atoms with Crippen molar-refractivity contribution in [3.63, 3.8) is 0 Å². The van der Waals surface area contributed by atoms with E-state index in [9.17, 15) is 8.78 Å². The Bertz CT molecular complexity index is 258. The van der Waals surface area contributed by atoms with Crippen LogP contribution in [0, 0.1) is 0 Å². The lowest BCUT2D eigenvalue weighted by atomic mass is 10.5. The van der Waals surface area contributed by atoms with E-state index in [1.165, 1.54) is 4.57 Å². The van der Waals surface area contributed by atoms with E-state index in [4.69, 9.17) is 5.73 Å². The average molecular weight is 176 g/mol. The van der Waals surface area contributed by atoms with Crippen LogP contribution in [0.1, 0.15) is 25.0 Å². The summed E-state index contributed by atoms with van der Waals surface area (Å²) in [6.07, 6.45) is -2.59. The Hall–Kier alpha value is -1.04. The molecule has 0 amide bonds. The van der Waals surface area contributed by atoms with Gasteiger partial charge < -0.3 is 10.3 Å². The summed E-state index contributed by atoms with van der Waals surface area (Å²) >= 11 is 0. The maximum Gasteiger partial charge on any atom is 0.297 e. The van der Waals surface area contributed by atoms with Gasteiger partial charge in [0, 0.05) is 6.54 Å². The van der Waals surface area contributed by atoms with Crippen molar-refractivity contribution in [2.45, 2.75) is 26.4 Å². The van der Waals surface area contributed by atoms with Crippen LogP contribution in [0.5, 0.6) is 0 Å². The second kappa shape index (κ2) is 3.57. The lowest BCUT2D eigenvalue weighted by Crippen LogP contribution is -2.10. The van der Waals surface area contributed by atoms with E-state index in [1.54, 1.807) is 6.92 Å². The van der Waals surface area contributed by atoms with Crippen LogP contribution in [-0.4, -0.2) is 14.8 Å². The van der Waals surface area contributed by atoms with Crippen LogP contribution >= 0.6 is 0 Å². The summed E-state index contributed by atoms with van der Waals surface area (Å²) in [5.74, 6) is 0.0887. The molecule has 0 saturated heterocycles. The number of nitrogens with zero attached hydrogens (tertiary/aromatic N) is 3. The van der Waals surface area contributed by atoms with E-state index >= 15 is 0 Å². The standard InChI is InChI=1S/C6H10F2N4/c1-2-12-4(3-9)10-11-6(12)5(7)8/h5H,2-3,9H2,1H3. The predicted molar refractivity (Wildman–Crippen MR) is 38.5 cm³/mol. The molecule has 0 aliphatic carbocycles. The molecule has 0 spiro atoms. The van der Waals surface area contributed by atoms with Crippen molar-refractivity contribution >= 4 is 0 Å². The molecule has 0 unspecified atom stereocenters. The third-order valence-electron chi connectivity index (χ3n) is 1.55. The van der Waals surface area contributed by atoms with Crippen molar-refractivity contribution in [3.8, 4) is 0 Å². The maximum absolute atomic E-state index is 12.2. The minimum absolute atomic E-state index is 0.132. The van der Waals surface area contributed by atoms with Gasteiger partial charge in [0.2, 0.25) is 0 Å². The Labute approximate surface area is 68.4 Å². The minimum atomic E-state index is -2.59. The molecule has 0 aromatic carbocycles. The zero-order chi connectivity index (χ0) is 9.14. The quantitative estimate of drug-likeness (QED) is 0.737. The van der Waals surface area contributed by atoms with E-state index < -0.39 is 6.43 Å². The van der Waals surface area contributed by atoms with E-state index in [0.29, 0.717) is 12.4 Å². The lowest BCUT2D eigenvalue weighted by molar-refractivity contribution is 0.135. The van der Waals surface area contributed by atoms with Gasteiger partial charge >= 0.3 is 0 Å². The molecule has 6 heteroatoms. The molecular weight excluding hydrogens is 166 g/mol. The highest BCUT2D eigenvalue weighted by Gasteiger charge is 2.17. The SMILES string of the molecule is CCn1c(CN)nnc1C(F)F. The van der Waals surface area contributed by atoms with Gasteiger partial charge in [0.15, 0.2) is 5.82 Å². The molecule has 0 atom stereocenters. The second-order valence-corrected chi connectivity index (χ2v) is 2.22. The van der Waals surface area contributed by atoms with Gasteiger partial charge in [-0.1, -0.05) is 0 Å². The Kier molecular flexibility index (Phi) is 2.69. The number of halogens is 2. The smallest absolute Gasteiger partial charge is 0.297 e. The first-order chi connectivity index (χ1) is 5.70. The second-order valence-electron chi connectivity index (χ2n) is 2.22. The molecule has 12 heavy (non-hydrogen) atoms. The summed E-state index contributed by atoms with van der Waals surface area (Å²) in [5.41, 5.74) is 5.27. The van der Waals surface area contributed by atoms with Crippen molar-refractivity contribution in [1.82, 2.24) is 14.8 Å². The van der Waals surface area contributed by atoms with Gasteiger partial charge in [-0.25, -0.2) is 8.78 Å². The summed E-state index contributed by atoms with van der Waals surface area (Å²) in [4.78, 5) is 0. The highest BCUT2D eigenvalue weighted by atomic mass is 19.3. The van der Waals surface area contributed by atoms with E-state index in [-0.39, 0.29) is 12.4 Å². The predicted octanol–water partition coefficient (Wildman–Crippen LogP) is 0.694. The molecule has 0 aliphatic heterocycles. The monoisotopic (exact) mass is 176 g/mol. The molecule has 0 saturated carbocycles. The van der Waals surface area contributed by atoms with E-state index in [1.807, 2.05) is 0 Å². The Balaban J connectivity index is 3.05. The summed E-state index contributed by atoms with van der Waals surface area (Å²) < 4.78 is 25.7. The van der Waals surface area contributed by atoms with Crippen molar-refractivity contribution in [1.29, 1.82) is 0 Å². The Morgan fingerprint density at radius 1 is 1.50 bits per heavy atom. The molecule has 0 fully saturated rings. The molecule has 0 aliphatic rings. The van der Waals surface area contributed by atoms with Crippen LogP contribution in [-0.2, 0) is 13.1 Å². The van der Waals surface area contributed by atoms with Crippen molar-refractivity contribution in [2.24, 2.45) is 5.73 Å². The van der Waals surface area contributed by atoms with Gasteiger partial charge in [-0.05, 0) is 6.92 Å². The fourth-order valence-electron chi connectivity index (χ4n) is 1.01. The third kappa shape index (κ3) is 1.42. The fourth-order valence-corrected chi connectivity index (χ4v) is 1.01.